The van der Waals surface area contributed by atoms with Crippen LogP contribution in [0.1, 0.15) is 24.3 Å². The van der Waals surface area contributed by atoms with Crippen LogP contribution in [0.3, 0.4) is 0 Å². The number of carbonyl (C=O) groups is 2. The standard InChI is InChI=1S/C16H19N5O4/c1-10(22)12-7-17-21(20-12)8-13-14(15(23)18-13)19-16(24)25-9-11-5-3-2-4-6-11/h2-7,10,13-14,22H,8-9H2,1H3,(H,18,23)(H,19,24)/t10?,13-,14+/m1/s1. The normalized spacial score (nSPS) is 20.3. The minimum Gasteiger partial charge on any atom is -0.445 e. The zero-order valence-corrected chi connectivity index (χ0v) is 13.6. The van der Waals surface area contributed by atoms with E-state index in [1.54, 1.807) is 6.92 Å². The van der Waals surface area contributed by atoms with E-state index in [0.29, 0.717) is 5.69 Å². The van der Waals surface area contributed by atoms with Gasteiger partial charge in [-0.15, -0.1) is 0 Å². The number of nitrogens with zero attached hydrogens (tertiary/aromatic N) is 3. The molecule has 9 heteroatoms. The van der Waals surface area contributed by atoms with Gasteiger partial charge in [0.05, 0.1) is 24.9 Å². The number of hydrogen-bond acceptors (Lipinski definition) is 6. The van der Waals surface area contributed by atoms with Crippen molar-refractivity contribution in [3.05, 3.63) is 47.8 Å². The van der Waals surface area contributed by atoms with Gasteiger partial charge in [0.15, 0.2) is 0 Å². The van der Waals surface area contributed by atoms with E-state index in [1.807, 2.05) is 30.3 Å². The van der Waals surface area contributed by atoms with E-state index >= 15 is 0 Å². The van der Waals surface area contributed by atoms with Crippen LogP contribution in [0.2, 0.25) is 0 Å². The van der Waals surface area contributed by atoms with Crippen molar-refractivity contribution in [3.8, 4) is 0 Å². The maximum atomic E-state index is 11.9. The van der Waals surface area contributed by atoms with Gasteiger partial charge in [-0.25, -0.2) is 4.79 Å². The first-order valence-electron chi connectivity index (χ1n) is 7.88. The van der Waals surface area contributed by atoms with Crippen molar-refractivity contribution in [3.63, 3.8) is 0 Å². The molecule has 1 fully saturated rings. The summed E-state index contributed by atoms with van der Waals surface area (Å²) in [6, 6.07) is 8.22. The molecule has 9 nitrogen and oxygen atoms in total. The van der Waals surface area contributed by atoms with Crippen LogP contribution in [0.5, 0.6) is 0 Å². The van der Waals surface area contributed by atoms with Crippen LogP contribution in [0.25, 0.3) is 0 Å². The SMILES string of the molecule is CC(O)c1cnn(C[C@H]2NC(=O)[C@H]2NC(=O)OCc2ccccc2)n1. The highest BCUT2D eigenvalue weighted by Crippen LogP contribution is 2.11. The molecule has 2 heterocycles. The van der Waals surface area contributed by atoms with Crippen molar-refractivity contribution in [1.82, 2.24) is 25.6 Å². The number of ether oxygens (including phenoxy) is 1. The highest BCUT2D eigenvalue weighted by molar-refractivity contribution is 5.92. The fourth-order valence-electron chi connectivity index (χ4n) is 2.42. The Kier molecular flexibility index (Phi) is 4.94. The second-order valence-electron chi connectivity index (χ2n) is 5.80. The first-order valence-corrected chi connectivity index (χ1v) is 7.88. The Hall–Kier alpha value is -2.94. The molecule has 1 unspecified atom stereocenters. The third-order valence-electron chi connectivity index (χ3n) is 3.84. The fraction of sp³-hybridized carbons (Fsp3) is 0.375. The van der Waals surface area contributed by atoms with Crippen LogP contribution in [-0.4, -0.2) is 44.2 Å². The van der Waals surface area contributed by atoms with E-state index in [9.17, 15) is 14.7 Å². The summed E-state index contributed by atoms with van der Waals surface area (Å²) in [7, 11) is 0. The maximum absolute atomic E-state index is 11.9. The minimum absolute atomic E-state index is 0.129. The van der Waals surface area contributed by atoms with Crippen molar-refractivity contribution < 1.29 is 19.4 Å². The Morgan fingerprint density at radius 3 is 2.84 bits per heavy atom. The number of carbonyl (C=O) groups excluding carboxylic acids is 2. The zero-order chi connectivity index (χ0) is 17.8. The Bertz CT molecular complexity index is 746. The average molecular weight is 345 g/mol. The third-order valence-corrected chi connectivity index (χ3v) is 3.84. The molecule has 0 radical (unpaired) electrons. The van der Waals surface area contributed by atoms with Crippen LogP contribution in [0, 0.1) is 0 Å². The van der Waals surface area contributed by atoms with Crippen molar-refractivity contribution in [2.24, 2.45) is 0 Å². The molecule has 0 saturated carbocycles. The van der Waals surface area contributed by atoms with Crippen molar-refractivity contribution in [1.29, 1.82) is 0 Å². The number of aromatic nitrogens is 3. The second kappa shape index (κ2) is 7.31. The van der Waals surface area contributed by atoms with Gasteiger partial charge in [-0.05, 0) is 12.5 Å². The van der Waals surface area contributed by atoms with Gasteiger partial charge >= 0.3 is 6.09 Å². The van der Waals surface area contributed by atoms with Crippen LogP contribution in [-0.2, 0) is 22.7 Å². The number of rotatable bonds is 6. The summed E-state index contributed by atoms with van der Waals surface area (Å²) < 4.78 is 5.12. The van der Waals surface area contributed by atoms with Crippen molar-refractivity contribution >= 4 is 12.0 Å². The smallest absolute Gasteiger partial charge is 0.408 e. The molecule has 132 valence electrons. The second-order valence-corrected chi connectivity index (χ2v) is 5.80. The molecule has 3 atom stereocenters. The molecule has 1 aliphatic rings. The topological polar surface area (TPSA) is 118 Å². The number of alkyl carbamates (subject to hydrolysis) is 1. The Morgan fingerprint density at radius 2 is 2.20 bits per heavy atom. The van der Waals surface area contributed by atoms with E-state index in [0.717, 1.165) is 5.56 Å². The van der Waals surface area contributed by atoms with Crippen LogP contribution >= 0.6 is 0 Å². The van der Waals surface area contributed by atoms with Gasteiger partial charge in [0, 0.05) is 0 Å². The molecule has 1 aromatic carbocycles. The third kappa shape index (κ3) is 4.13. The summed E-state index contributed by atoms with van der Waals surface area (Å²) in [6.45, 7) is 2.00. The van der Waals surface area contributed by atoms with Gasteiger partial charge in [0.25, 0.3) is 0 Å². The number of hydrogen-bond donors (Lipinski definition) is 3. The summed E-state index contributed by atoms with van der Waals surface area (Å²) in [5.41, 5.74) is 1.30. The number of aliphatic hydroxyl groups is 1. The molecule has 25 heavy (non-hydrogen) atoms. The van der Waals surface area contributed by atoms with Gasteiger partial charge in [0.2, 0.25) is 5.91 Å². The fourth-order valence-corrected chi connectivity index (χ4v) is 2.42. The number of β-lactam (4-membered cyclic amide) rings is 1. The van der Waals surface area contributed by atoms with E-state index in [2.05, 4.69) is 20.8 Å². The summed E-state index contributed by atoms with van der Waals surface area (Å²) in [5, 5.41) is 22.8. The lowest BCUT2D eigenvalue weighted by Crippen LogP contribution is -2.70. The lowest BCUT2D eigenvalue weighted by molar-refractivity contribution is -0.132. The summed E-state index contributed by atoms with van der Waals surface area (Å²) in [6.07, 6.45) is 0.0836. The molecular weight excluding hydrogens is 326 g/mol. The number of nitrogens with one attached hydrogen (secondary N) is 2. The maximum Gasteiger partial charge on any atom is 0.408 e. The zero-order valence-electron chi connectivity index (χ0n) is 13.6. The van der Waals surface area contributed by atoms with Gasteiger partial charge < -0.3 is 20.5 Å². The number of benzene rings is 1. The van der Waals surface area contributed by atoms with Crippen LogP contribution in [0.15, 0.2) is 36.5 Å². The molecule has 1 aliphatic heterocycles. The molecule has 1 aromatic heterocycles. The molecule has 0 bridgehead atoms. The first kappa shape index (κ1) is 16.9. The lowest BCUT2D eigenvalue weighted by atomic mass is 9.99. The number of aliphatic hydroxyl groups excluding tert-OH is 1. The minimum atomic E-state index is -0.716. The molecule has 3 N–H and O–H groups in total. The quantitative estimate of drug-likeness (QED) is 0.640. The van der Waals surface area contributed by atoms with Crippen LogP contribution < -0.4 is 10.6 Å². The molecule has 0 aliphatic carbocycles. The van der Waals surface area contributed by atoms with Gasteiger partial charge in [-0.3, -0.25) is 4.79 Å². The molecular formula is C16H19N5O4. The summed E-state index contributed by atoms with van der Waals surface area (Å²) >= 11 is 0. The van der Waals surface area contributed by atoms with E-state index < -0.39 is 18.2 Å². The lowest BCUT2D eigenvalue weighted by Gasteiger charge is -2.36. The Labute approximate surface area is 144 Å². The summed E-state index contributed by atoms with van der Waals surface area (Å²) in [4.78, 5) is 24.9. The van der Waals surface area contributed by atoms with Crippen molar-refractivity contribution in [2.75, 3.05) is 0 Å². The number of amides is 2. The first-order chi connectivity index (χ1) is 12.0. The predicted molar refractivity (Wildman–Crippen MR) is 86.1 cm³/mol. The van der Waals surface area contributed by atoms with E-state index in [-0.39, 0.29) is 25.1 Å². The van der Waals surface area contributed by atoms with Gasteiger partial charge in [0.1, 0.15) is 18.3 Å². The van der Waals surface area contributed by atoms with Gasteiger partial charge in [-0.2, -0.15) is 15.0 Å². The molecule has 0 spiro atoms. The van der Waals surface area contributed by atoms with E-state index in [1.165, 1.54) is 11.0 Å². The highest BCUT2D eigenvalue weighted by atomic mass is 16.5. The van der Waals surface area contributed by atoms with E-state index in [4.69, 9.17) is 4.74 Å². The molecule has 3 rings (SSSR count). The predicted octanol–water partition coefficient (Wildman–Crippen LogP) is 0.125. The Balaban J connectivity index is 1.50. The summed E-state index contributed by atoms with van der Waals surface area (Å²) in [5.74, 6) is -0.287. The molecule has 2 aromatic rings. The van der Waals surface area contributed by atoms with Gasteiger partial charge in [-0.1, -0.05) is 30.3 Å². The van der Waals surface area contributed by atoms with Crippen molar-refractivity contribution in [2.45, 2.75) is 38.3 Å². The average Bonchev–Trinajstić information content (AvgIpc) is 3.07. The molecule has 1 saturated heterocycles. The Morgan fingerprint density at radius 1 is 1.44 bits per heavy atom. The largest absolute Gasteiger partial charge is 0.445 e. The molecule has 2 amide bonds. The van der Waals surface area contributed by atoms with Crippen LogP contribution in [0.4, 0.5) is 4.79 Å². The monoisotopic (exact) mass is 345 g/mol. The highest BCUT2D eigenvalue weighted by Gasteiger charge is 2.41.